The van der Waals surface area contributed by atoms with Gasteiger partial charge in [0, 0.05) is 17.9 Å². The van der Waals surface area contributed by atoms with Crippen LogP contribution in [0.4, 0.5) is 4.79 Å². The van der Waals surface area contributed by atoms with Crippen LogP contribution in [0.1, 0.15) is 45.2 Å². The second kappa shape index (κ2) is 9.66. The number of carbonyl (C=O) groups is 2. The Labute approximate surface area is 175 Å². The molecule has 0 radical (unpaired) electrons. The van der Waals surface area contributed by atoms with E-state index in [-0.39, 0.29) is 17.6 Å². The lowest BCUT2D eigenvalue weighted by Gasteiger charge is -2.27. The van der Waals surface area contributed by atoms with Gasteiger partial charge in [-0.1, -0.05) is 45.0 Å². The topological polar surface area (TPSA) is 90.6 Å². The van der Waals surface area contributed by atoms with Crippen LogP contribution < -0.4 is 0 Å². The molecule has 1 aromatic rings. The number of thioether (sulfide) groups is 1. The molecule has 0 spiro atoms. The van der Waals surface area contributed by atoms with Gasteiger partial charge in [-0.25, -0.2) is 9.59 Å². The van der Waals surface area contributed by atoms with E-state index in [1.807, 2.05) is 30.3 Å². The van der Waals surface area contributed by atoms with Crippen molar-refractivity contribution in [3.63, 3.8) is 0 Å². The molecule has 6 nitrogen and oxygen atoms in total. The molecule has 0 saturated carbocycles. The number of benzene rings is 1. The Bertz CT molecular complexity index is 874. The average molecular weight is 415 g/mol. The van der Waals surface area contributed by atoms with Crippen molar-refractivity contribution in [2.75, 3.05) is 18.9 Å². The van der Waals surface area contributed by atoms with Crippen LogP contribution in [0.15, 0.2) is 40.9 Å². The number of rotatable bonds is 4. The van der Waals surface area contributed by atoms with Crippen molar-refractivity contribution in [2.24, 2.45) is 0 Å². The number of allylic oxidation sites excluding steroid dienone is 2. The monoisotopic (exact) mass is 414 g/mol. The molecule has 2 rings (SSSR count). The van der Waals surface area contributed by atoms with Gasteiger partial charge in [-0.15, -0.1) is 11.8 Å². The molecule has 1 N–H and O–H groups in total. The first-order valence-electron chi connectivity index (χ1n) is 9.46. The third kappa shape index (κ3) is 5.64. The molecule has 1 saturated heterocycles. The van der Waals surface area contributed by atoms with E-state index >= 15 is 0 Å². The number of hydrogen-bond donors (Lipinski definition) is 1. The van der Waals surface area contributed by atoms with Crippen molar-refractivity contribution in [3.8, 4) is 6.07 Å². The molecule has 0 unspecified atom stereocenters. The normalized spacial score (nSPS) is 16.8. The Morgan fingerprint density at radius 2 is 1.97 bits per heavy atom. The molecular weight excluding hydrogens is 388 g/mol. The summed E-state index contributed by atoms with van der Waals surface area (Å²) in [6, 6.07) is 9.56. The number of ether oxygens (including phenoxy) is 1. The summed E-state index contributed by atoms with van der Waals surface area (Å²) >= 11 is 1.39. The molecule has 1 heterocycles. The fourth-order valence-electron chi connectivity index (χ4n) is 2.89. The van der Waals surface area contributed by atoms with E-state index in [0.29, 0.717) is 22.7 Å². The first kappa shape index (κ1) is 22.6. The van der Waals surface area contributed by atoms with Crippen LogP contribution in [0.2, 0.25) is 0 Å². The van der Waals surface area contributed by atoms with E-state index in [4.69, 9.17) is 4.74 Å². The second-order valence-corrected chi connectivity index (χ2v) is 8.68. The SMILES string of the molecule is CCOC(=O)/C(C#N)=C(\C=C1/SCCCN1C(=O)O)c1ccc(C(C)(C)C)cc1. The van der Waals surface area contributed by atoms with Crippen molar-refractivity contribution in [1.82, 2.24) is 4.90 Å². The zero-order valence-electron chi connectivity index (χ0n) is 17.2. The maximum atomic E-state index is 12.4. The zero-order chi connectivity index (χ0) is 21.6. The van der Waals surface area contributed by atoms with Gasteiger partial charge in [0.1, 0.15) is 11.6 Å². The van der Waals surface area contributed by atoms with Gasteiger partial charge in [0.05, 0.1) is 11.6 Å². The minimum Gasteiger partial charge on any atom is -0.465 e. The van der Waals surface area contributed by atoms with Crippen molar-refractivity contribution in [2.45, 2.75) is 39.5 Å². The van der Waals surface area contributed by atoms with E-state index < -0.39 is 12.1 Å². The van der Waals surface area contributed by atoms with Crippen LogP contribution in [0.25, 0.3) is 5.57 Å². The molecule has 0 atom stereocenters. The van der Waals surface area contributed by atoms with E-state index in [9.17, 15) is 20.0 Å². The number of nitriles is 1. The first-order chi connectivity index (χ1) is 13.7. The minimum absolute atomic E-state index is 0.0423. The number of esters is 1. The molecule has 29 heavy (non-hydrogen) atoms. The number of hydrogen-bond acceptors (Lipinski definition) is 5. The Balaban J connectivity index is 2.63. The summed E-state index contributed by atoms with van der Waals surface area (Å²) in [5, 5.41) is 19.7. The van der Waals surface area contributed by atoms with Gasteiger partial charge >= 0.3 is 12.1 Å². The van der Waals surface area contributed by atoms with Gasteiger partial charge in [-0.05, 0) is 36.0 Å². The van der Waals surface area contributed by atoms with Crippen molar-refractivity contribution in [3.05, 3.63) is 52.1 Å². The van der Waals surface area contributed by atoms with Gasteiger partial charge in [-0.3, -0.25) is 4.90 Å². The number of amides is 1. The van der Waals surface area contributed by atoms with Gasteiger partial charge in [0.25, 0.3) is 0 Å². The molecule has 0 aliphatic carbocycles. The largest absolute Gasteiger partial charge is 0.465 e. The highest BCUT2D eigenvalue weighted by molar-refractivity contribution is 8.03. The van der Waals surface area contributed by atoms with Crippen molar-refractivity contribution < 1.29 is 19.4 Å². The smallest absolute Gasteiger partial charge is 0.412 e. The fourth-order valence-corrected chi connectivity index (χ4v) is 3.90. The second-order valence-electron chi connectivity index (χ2n) is 7.57. The van der Waals surface area contributed by atoms with Crippen LogP contribution in [-0.2, 0) is 14.9 Å². The molecular formula is C22H26N2O4S. The summed E-state index contributed by atoms with van der Waals surface area (Å²) < 4.78 is 5.05. The Morgan fingerprint density at radius 1 is 1.31 bits per heavy atom. The lowest BCUT2D eigenvalue weighted by atomic mass is 9.86. The van der Waals surface area contributed by atoms with Crippen LogP contribution in [0, 0.1) is 11.3 Å². The summed E-state index contributed by atoms with van der Waals surface area (Å²) in [5.74, 6) is 0.0529. The van der Waals surface area contributed by atoms with Gasteiger partial charge in [-0.2, -0.15) is 5.26 Å². The van der Waals surface area contributed by atoms with Gasteiger partial charge in [0.2, 0.25) is 0 Å². The Hall–Kier alpha value is -2.72. The molecule has 0 bridgehead atoms. The van der Waals surface area contributed by atoms with E-state index in [0.717, 1.165) is 17.7 Å². The molecule has 1 aliphatic rings. The molecule has 1 aromatic carbocycles. The third-order valence-electron chi connectivity index (χ3n) is 4.46. The number of carboxylic acid groups (broad SMARTS) is 1. The highest BCUT2D eigenvalue weighted by atomic mass is 32.2. The zero-order valence-corrected chi connectivity index (χ0v) is 18.0. The van der Waals surface area contributed by atoms with Gasteiger partial charge < -0.3 is 9.84 Å². The Morgan fingerprint density at radius 3 is 2.48 bits per heavy atom. The summed E-state index contributed by atoms with van der Waals surface area (Å²) in [7, 11) is 0. The summed E-state index contributed by atoms with van der Waals surface area (Å²) in [6.07, 6.45) is 1.30. The summed E-state index contributed by atoms with van der Waals surface area (Å²) in [4.78, 5) is 25.3. The lowest BCUT2D eigenvalue weighted by Crippen LogP contribution is -2.32. The quantitative estimate of drug-likeness (QED) is 0.433. The Kier molecular flexibility index (Phi) is 7.52. The maximum absolute atomic E-state index is 12.4. The molecule has 154 valence electrons. The molecule has 1 amide bonds. The highest BCUT2D eigenvalue weighted by Gasteiger charge is 2.24. The van der Waals surface area contributed by atoms with Crippen LogP contribution in [0.5, 0.6) is 0 Å². The maximum Gasteiger partial charge on any atom is 0.412 e. The van der Waals surface area contributed by atoms with E-state index in [2.05, 4.69) is 20.8 Å². The van der Waals surface area contributed by atoms with Crippen molar-refractivity contribution >= 4 is 29.4 Å². The van der Waals surface area contributed by atoms with Crippen LogP contribution in [-0.4, -0.2) is 41.0 Å². The van der Waals surface area contributed by atoms with Crippen molar-refractivity contribution in [1.29, 1.82) is 5.26 Å². The predicted octanol–water partition coefficient (Wildman–Crippen LogP) is 4.78. The number of nitrogens with zero attached hydrogens (tertiary/aromatic N) is 2. The first-order valence-corrected chi connectivity index (χ1v) is 10.4. The van der Waals surface area contributed by atoms with E-state index in [1.165, 1.54) is 16.7 Å². The number of carbonyl (C=O) groups excluding carboxylic acids is 1. The molecule has 7 heteroatoms. The minimum atomic E-state index is -1.06. The summed E-state index contributed by atoms with van der Waals surface area (Å²) in [6.45, 7) is 8.50. The van der Waals surface area contributed by atoms with E-state index in [1.54, 1.807) is 13.0 Å². The molecule has 0 aromatic heterocycles. The van der Waals surface area contributed by atoms with Gasteiger partial charge in [0.15, 0.2) is 0 Å². The third-order valence-corrected chi connectivity index (χ3v) is 5.59. The average Bonchev–Trinajstić information content (AvgIpc) is 2.67. The lowest BCUT2D eigenvalue weighted by molar-refractivity contribution is -0.137. The fraction of sp³-hybridized carbons (Fsp3) is 0.409. The molecule has 1 fully saturated rings. The summed E-state index contributed by atoms with van der Waals surface area (Å²) in [5.41, 5.74) is 1.95. The van der Waals surface area contributed by atoms with Crippen LogP contribution >= 0.6 is 11.8 Å². The predicted molar refractivity (Wildman–Crippen MR) is 114 cm³/mol. The highest BCUT2D eigenvalue weighted by Crippen LogP contribution is 2.33. The van der Waals surface area contributed by atoms with Crippen LogP contribution in [0.3, 0.4) is 0 Å². The molecule has 1 aliphatic heterocycles. The standard InChI is InChI=1S/C22H26N2O4S/c1-5-28-20(25)18(14-23)17(13-19-24(21(26)27)11-6-12-29-19)15-7-9-16(10-8-15)22(2,3)4/h7-10,13H,5-6,11-12H2,1-4H3,(H,26,27)/b18-17+,19-13-.